The molecule has 0 aliphatic heterocycles. The first kappa shape index (κ1) is 20.9. The molecule has 4 nitrogen and oxygen atoms in total. The van der Waals surface area contributed by atoms with Crippen LogP contribution in [-0.4, -0.2) is 25.5 Å². The second-order valence-corrected chi connectivity index (χ2v) is 7.67. The smallest absolute Gasteiger partial charge is 0.163 e. The van der Waals surface area contributed by atoms with E-state index >= 15 is 0 Å². The molecule has 0 aromatic heterocycles. The fourth-order valence-electron chi connectivity index (χ4n) is 3.92. The Labute approximate surface area is 183 Å². The summed E-state index contributed by atoms with van der Waals surface area (Å²) in [6.07, 6.45) is 3.70. The Bertz CT molecular complexity index is 1000. The van der Waals surface area contributed by atoms with Gasteiger partial charge in [-0.1, -0.05) is 66.7 Å². The van der Waals surface area contributed by atoms with Crippen LogP contribution in [0.4, 0.5) is 5.69 Å². The number of carbonyl (C=O) groups is 1. The van der Waals surface area contributed by atoms with Crippen LogP contribution >= 0.6 is 0 Å². The molecular weight excluding hydrogens is 386 g/mol. The number of rotatable bonds is 9. The normalized spacial score (nSPS) is 17.6. The van der Waals surface area contributed by atoms with Gasteiger partial charge in [-0.3, -0.25) is 4.79 Å². The highest BCUT2D eigenvalue weighted by Gasteiger charge is 2.35. The highest BCUT2D eigenvalue weighted by atomic mass is 16.5. The number of nitrogens with zero attached hydrogens (tertiary/aromatic N) is 1. The number of hydrogen-bond acceptors (Lipinski definition) is 4. The molecule has 3 aromatic rings. The van der Waals surface area contributed by atoms with Gasteiger partial charge in [-0.25, -0.2) is 0 Å². The lowest BCUT2D eigenvalue weighted by Crippen LogP contribution is -2.41. The maximum absolute atomic E-state index is 12.7. The number of carbonyl (C=O) groups excluding carboxylic acids is 1. The average Bonchev–Trinajstić information content (AvgIpc) is 3.19. The van der Waals surface area contributed by atoms with E-state index in [1.54, 1.807) is 13.2 Å². The van der Waals surface area contributed by atoms with Gasteiger partial charge in [0.25, 0.3) is 0 Å². The monoisotopic (exact) mass is 413 g/mol. The van der Waals surface area contributed by atoms with E-state index in [9.17, 15) is 4.79 Å². The van der Waals surface area contributed by atoms with Gasteiger partial charge in [-0.15, -0.1) is 0 Å². The third kappa shape index (κ3) is 5.22. The minimum Gasteiger partial charge on any atom is -0.497 e. The maximum Gasteiger partial charge on any atom is 0.163 e. The molecule has 0 heterocycles. The van der Waals surface area contributed by atoms with Crippen molar-refractivity contribution in [2.45, 2.75) is 19.2 Å². The number of allylic oxidation sites excluding steroid dienone is 1. The summed E-state index contributed by atoms with van der Waals surface area (Å²) in [5.41, 5.74) is 3.34. The molecule has 0 saturated heterocycles. The average molecular weight is 414 g/mol. The Morgan fingerprint density at radius 1 is 0.839 bits per heavy atom. The second kappa shape index (κ2) is 10.1. The van der Waals surface area contributed by atoms with Gasteiger partial charge in [0.05, 0.1) is 32.3 Å². The quantitative estimate of drug-likeness (QED) is 0.493. The van der Waals surface area contributed by atoms with Crippen molar-refractivity contribution in [2.75, 3.05) is 18.6 Å². The lowest BCUT2D eigenvalue weighted by Gasteiger charge is -2.34. The van der Waals surface area contributed by atoms with Crippen molar-refractivity contribution in [3.8, 4) is 5.75 Å². The second-order valence-electron chi connectivity index (χ2n) is 7.67. The van der Waals surface area contributed by atoms with Gasteiger partial charge < -0.3 is 14.4 Å². The minimum atomic E-state index is -0.241. The van der Waals surface area contributed by atoms with Crippen LogP contribution in [0.3, 0.4) is 0 Å². The lowest BCUT2D eigenvalue weighted by molar-refractivity contribution is -0.119. The molecule has 31 heavy (non-hydrogen) atoms. The first-order valence-electron chi connectivity index (χ1n) is 10.5. The van der Waals surface area contributed by atoms with E-state index in [-0.39, 0.29) is 17.7 Å². The molecule has 0 unspecified atom stereocenters. The van der Waals surface area contributed by atoms with E-state index in [0.29, 0.717) is 19.8 Å². The zero-order valence-electron chi connectivity index (χ0n) is 17.7. The molecule has 0 bridgehead atoms. The van der Waals surface area contributed by atoms with Gasteiger partial charge in [0.1, 0.15) is 5.75 Å². The molecule has 4 heteroatoms. The van der Waals surface area contributed by atoms with Gasteiger partial charge in [0, 0.05) is 12.2 Å². The summed E-state index contributed by atoms with van der Waals surface area (Å²) >= 11 is 0. The molecule has 0 spiro atoms. The Balaban J connectivity index is 1.54. The molecule has 0 saturated carbocycles. The van der Waals surface area contributed by atoms with Crippen LogP contribution < -0.4 is 9.64 Å². The Kier molecular flexibility index (Phi) is 6.80. The van der Waals surface area contributed by atoms with E-state index in [1.165, 1.54) is 5.56 Å². The number of benzene rings is 3. The van der Waals surface area contributed by atoms with Crippen molar-refractivity contribution in [1.29, 1.82) is 0 Å². The summed E-state index contributed by atoms with van der Waals surface area (Å²) < 4.78 is 11.3. The zero-order chi connectivity index (χ0) is 21.5. The fraction of sp³-hybridized carbons (Fsp3) is 0.222. The Morgan fingerprint density at radius 2 is 1.48 bits per heavy atom. The van der Waals surface area contributed by atoms with Gasteiger partial charge in [0.2, 0.25) is 0 Å². The van der Waals surface area contributed by atoms with Gasteiger partial charge >= 0.3 is 0 Å². The number of ether oxygens (including phenoxy) is 2. The van der Waals surface area contributed by atoms with Crippen LogP contribution in [0.1, 0.15) is 11.1 Å². The summed E-state index contributed by atoms with van der Waals surface area (Å²) in [5.74, 6) is 0.684. The van der Waals surface area contributed by atoms with E-state index in [1.807, 2.05) is 78.9 Å². The number of anilines is 1. The van der Waals surface area contributed by atoms with Crippen molar-refractivity contribution in [3.63, 3.8) is 0 Å². The van der Waals surface area contributed by atoms with Crippen LogP contribution in [0.5, 0.6) is 5.75 Å². The van der Waals surface area contributed by atoms with Crippen LogP contribution in [0.15, 0.2) is 97.1 Å². The molecule has 4 rings (SSSR count). The number of methoxy groups -OCH3 is 1. The molecule has 1 aliphatic carbocycles. The largest absolute Gasteiger partial charge is 0.497 e. The molecule has 3 aromatic carbocycles. The van der Waals surface area contributed by atoms with E-state index in [0.717, 1.165) is 17.0 Å². The van der Waals surface area contributed by atoms with Crippen molar-refractivity contribution in [3.05, 3.63) is 108 Å². The Hall–Kier alpha value is -3.37. The molecule has 0 amide bonds. The predicted molar refractivity (Wildman–Crippen MR) is 123 cm³/mol. The van der Waals surface area contributed by atoms with Crippen molar-refractivity contribution >= 4 is 11.5 Å². The van der Waals surface area contributed by atoms with Crippen LogP contribution in [0.2, 0.25) is 0 Å². The molecule has 2 atom stereocenters. The molecular formula is C27H27NO3. The third-order valence-corrected chi connectivity index (χ3v) is 5.60. The zero-order valence-corrected chi connectivity index (χ0v) is 17.7. The predicted octanol–water partition coefficient (Wildman–Crippen LogP) is 5.04. The fourth-order valence-corrected chi connectivity index (χ4v) is 3.92. The Morgan fingerprint density at radius 3 is 2.13 bits per heavy atom. The summed E-state index contributed by atoms with van der Waals surface area (Å²) in [5, 5.41) is 0. The molecule has 158 valence electrons. The van der Waals surface area contributed by atoms with Gasteiger partial charge in [-0.05, 0) is 41.5 Å². The van der Waals surface area contributed by atoms with E-state index in [2.05, 4.69) is 17.0 Å². The van der Waals surface area contributed by atoms with Crippen LogP contribution in [0.25, 0.3) is 0 Å². The topological polar surface area (TPSA) is 38.8 Å². The van der Waals surface area contributed by atoms with Crippen molar-refractivity contribution < 1.29 is 14.3 Å². The van der Waals surface area contributed by atoms with Crippen molar-refractivity contribution in [2.24, 2.45) is 5.92 Å². The van der Waals surface area contributed by atoms with Gasteiger partial charge in [-0.2, -0.15) is 0 Å². The minimum absolute atomic E-state index is 0.0723. The standard InChI is InChI=1S/C27H27NO3/c1-30-24-14-12-23(13-15-24)28(18-21-8-4-2-5-9-21)26-16-17-27(29)25(26)20-31-19-22-10-6-3-7-11-22/h2-17,25-26H,18-20H2,1H3/t25-,26+/m1/s1. The number of hydrogen-bond donors (Lipinski definition) is 0. The summed E-state index contributed by atoms with van der Waals surface area (Å²) in [6.45, 7) is 1.58. The first-order valence-corrected chi connectivity index (χ1v) is 10.5. The highest BCUT2D eigenvalue weighted by molar-refractivity contribution is 5.96. The summed E-state index contributed by atoms with van der Waals surface area (Å²) in [4.78, 5) is 15.0. The summed E-state index contributed by atoms with van der Waals surface area (Å²) in [7, 11) is 1.66. The maximum atomic E-state index is 12.7. The van der Waals surface area contributed by atoms with Crippen LogP contribution in [0, 0.1) is 5.92 Å². The van der Waals surface area contributed by atoms with Crippen LogP contribution in [-0.2, 0) is 22.7 Å². The highest BCUT2D eigenvalue weighted by Crippen LogP contribution is 2.30. The van der Waals surface area contributed by atoms with E-state index < -0.39 is 0 Å². The first-order chi connectivity index (χ1) is 15.2. The lowest BCUT2D eigenvalue weighted by atomic mass is 9.99. The molecule has 1 aliphatic rings. The summed E-state index contributed by atoms with van der Waals surface area (Å²) in [6, 6.07) is 28.3. The SMILES string of the molecule is COc1ccc(N(Cc2ccccc2)[C@H]2C=CC(=O)[C@@H]2COCc2ccccc2)cc1. The third-order valence-electron chi connectivity index (χ3n) is 5.60. The van der Waals surface area contributed by atoms with E-state index in [4.69, 9.17) is 9.47 Å². The molecule has 0 fully saturated rings. The molecule has 0 radical (unpaired) electrons. The van der Waals surface area contributed by atoms with Gasteiger partial charge in [0.15, 0.2) is 5.78 Å². The molecule has 0 N–H and O–H groups in total. The van der Waals surface area contributed by atoms with Crippen molar-refractivity contribution in [1.82, 2.24) is 0 Å². The number of ketones is 1.